The first-order valence-corrected chi connectivity index (χ1v) is 11.1. The van der Waals surface area contributed by atoms with E-state index in [1.807, 2.05) is 42.2 Å². The van der Waals surface area contributed by atoms with Gasteiger partial charge in [0.25, 0.3) is 5.56 Å². The molecule has 1 aromatic carbocycles. The third-order valence-corrected chi connectivity index (χ3v) is 6.17. The van der Waals surface area contributed by atoms with E-state index in [2.05, 4.69) is 10.1 Å². The lowest BCUT2D eigenvalue weighted by Gasteiger charge is -2.16. The van der Waals surface area contributed by atoms with Crippen LogP contribution in [0.5, 0.6) is 0 Å². The van der Waals surface area contributed by atoms with Gasteiger partial charge in [0.15, 0.2) is 10.7 Å². The Balaban J connectivity index is 1.62. The Morgan fingerprint density at radius 2 is 1.93 bits per heavy atom. The fourth-order valence-electron chi connectivity index (χ4n) is 3.56. The molecule has 2 aromatic heterocycles. The molecule has 1 amide bonds. The molecular weight excluding hydrogens is 386 g/mol. The maximum atomic E-state index is 13.1. The summed E-state index contributed by atoms with van der Waals surface area (Å²) in [5.74, 6) is 0.409. The maximum absolute atomic E-state index is 13.1. The molecule has 0 spiro atoms. The van der Waals surface area contributed by atoms with Crippen molar-refractivity contribution in [2.24, 2.45) is 0 Å². The molecule has 0 radical (unpaired) electrons. The van der Waals surface area contributed by atoms with Gasteiger partial charge in [0.1, 0.15) is 5.52 Å². The standard InChI is InChI=1S/C21H25N5O2S/c1-2-25-14-17-19(23-25)20(28)26(13-10-16-8-4-3-5-9-16)21(22-17)29-15-18(27)24-11-6-7-12-24/h3-5,8-9,14H,2,6-7,10-13,15H2,1H3. The number of aromatic nitrogens is 4. The highest BCUT2D eigenvalue weighted by molar-refractivity contribution is 7.99. The molecule has 7 nitrogen and oxygen atoms in total. The highest BCUT2D eigenvalue weighted by Crippen LogP contribution is 2.20. The lowest BCUT2D eigenvalue weighted by atomic mass is 10.1. The maximum Gasteiger partial charge on any atom is 0.282 e. The van der Waals surface area contributed by atoms with Crippen LogP contribution in [0.1, 0.15) is 25.3 Å². The Morgan fingerprint density at radius 1 is 1.17 bits per heavy atom. The van der Waals surface area contributed by atoms with Crippen LogP contribution in [0.15, 0.2) is 46.5 Å². The minimum Gasteiger partial charge on any atom is -0.342 e. The lowest BCUT2D eigenvalue weighted by molar-refractivity contribution is -0.127. The first-order chi connectivity index (χ1) is 14.2. The summed E-state index contributed by atoms with van der Waals surface area (Å²) in [4.78, 5) is 32.2. The predicted molar refractivity (Wildman–Crippen MR) is 114 cm³/mol. The Morgan fingerprint density at radius 3 is 2.66 bits per heavy atom. The summed E-state index contributed by atoms with van der Waals surface area (Å²) in [5.41, 5.74) is 1.98. The van der Waals surface area contributed by atoms with E-state index in [9.17, 15) is 9.59 Å². The summed E-state index contributed by atoms with van der Waals surface area (Å²) < 4.78 is 3.40. The SMILES string of the molecule is CCn1cc2nc(SCC(=O)N3CCCC3)n(CCc3ccccc3)c(=O)c2n1. The zero-order valence-corrected chi connectivity index (χ0v) is 17.4. The third-order valence-electron chi connectivity index (χ3n) is 5.21. The molecule has 0 unspecified atom stereocenters. The monoisotopic (exact) mass is 411 g/mol. The number of benzene rings is 1. The topological polar surface area (TPSA) is 73.0 Å². The molecule has 0 bridgehead atoms. The first kappa shape index (κ1) is 19.7. The van der Waals surface area contributed by atoms with Crippen molar-refractivity contribution < 1.29 is 4.79 Å². The number of thioether (sulfide) groups is 1. The number of aryl methyl sites for hydroxylation is 2. The largest absolute Gasteiger partial charge is 0.342 e. The van der Waals surface area contributed by atoms with Crippen molar-refractivity contribution in [1.29, 1.82) is 0 Å². The van der Waals surface area contributed by atoms with Crippen molar-refractivity contribution in [2.45, 2.75) is 44.4 Å². The minimum atomic E-state index is -0.144. The van der Waals surface area contributed by atoms with Gasteiger partial charge in [-0.3, -0.25) is 18.8 Å². The van der Waals surface area contributed by atoms with Crippen LogP contribution in [0.4, 0.5) is 0 Å². The zero-order chi connectivity index (χ0) is 20.2. The van der Waals surface area contributed by atoms with Gasteiger partial charge in [-0.1, -0.05) is 42.1 Å². The van der Waals surface area contributed by atoms with Crippen molar-refractivity contribution in [2.75, 3.05) is 18.8 Å². The molecule has 4 rings (SSSR count). The first-order valence-electron chi connectivity index (χ1n) is 10.1. The Labute approximate surface area is 173 Å². The minimum absolute atomic E-state index is 0.112. The molecule has 0 saturated carbocycles. The summed E-state index contributed by atoms with van der Waals surface area (Å²) in [6, 6.07) is 10.1. The summed E-state index contributed by atoms with van der Waals surface area (Å²) in [5, 5.41) is 4.97. The van der Waals surface area contributed by atoms with E-state index in [1.54, 1.807) is 15.4 Å². The van der Waals surface area contributed by atoms with Gasteiger partial charge in [-0.25, -0.2) is 4.98 Å². The van der Waals surface area contributed by atoms with Crippen molar-refractivity contribution in [3.8, 4) is 0 Å². The van der Waals surface area contributed by atoms with Crippen LogP contribution >= 0.6 is 11.8 Å². The van der Waals surface area contributed by atoms with E-state index in [-0.39, 0.29) is 11.5 Å². The molecule has 1 aliphatic rings. The Hall–Kier alpha value is -2.61. The zero-order valence-electron chi connectivity index (χ0n) is 16.6. The summed E-state index contributed by atoms with van der Waals surface area (Å²) in [7, 11) is 0. The van der Waals surface area contributed by atoms with E-state index in [4.69, 9.17) is 0 Å². The summed E-state index contributed by atoms with van der Waals surface area (Å²) in [6.07, 6.45) is 4.65. The van der Waals surface area contributed by atoms with Gasteiger partial charge in [0.2, 0.25) is 5.91 Å². The molecule has 3 aromatic rings. The van der Waals surface area contributed by atoms with Crippen molar-refractivity contribution >= 4 is 28.7 Å². The summed E-state index contributed by atoms with van der Waals surface area (Å²) in [6.45, 7) is 4.82. The number of rotatable bonds is 7. The van der Waals surface area contributed by atoms with Crippen LogP contribution in [-0.4, -0.2) is 49.0 Å². The Kier molecular flexibility index (Phi) is 5.99. The van der Waals surface area contributed by atoms with Gasteiger partial charge in [-0.15, -0.1) is 0 Å². The predicted octanol–water partition coefficient (Wildman–Crippen LogP) is 2.57. The van der Waals surface area contributed by atoms with Crippen molar-refractivity contribution in [1.82, 2.24) is 24.2 Å². The molecular formula is C21H25N5O2S. The van der Waals surface area contributed by atoms with Crippen LogP contribution in [0.2, 0.25) is 0 Å². The van der Waals surface area contributed by atoms with Gasteiger partial charge in [-0.05, 0) is 31.7 Å². The van der Waals surface area contributed by atoms with E-state index in [0.717, 1.165) is 37.9 Å². The number of likely N-dealkylation sites (tertiary alicyclic amines) is 1. The second-order valence-electron chi connectivity index (χ2n) is 7.18. The van der Waals surface area contributed by atoms with Crippen molar-refractivity contribution in [3.05, 3.63) is 52.4 Å². The average Bonchev–Trinajstić information content (AvgIpc) is 3.42. The fourth-order valence-corrected chi connectivity index (χ4v) is 4.49. The van der Waals surface area contributed by atoms with Crippen LogP contribution in [0, 0.1) is 0 Å². The molecule has 1 fully saturated rings. The smallest absolute Gasteiger partial charge is 0.282 e. The molecule has 1 saturated heterocycles. The average molecular weight is 412 g/mol. The van der Waals surface area contributed by atoms with Crippen LogP contribution in [-0.2, 0) is 24.3 Å². The Bertz CT molecular complexity index is 1050. The number of fused-ring (bicyclic) bond motifs is 1. The fraction of sp³-hybridized carbons (Fsp3) is 0.429. The number of hydrogen-bond donors (Lipinski definition) is 0. The van der Waals surface area contributed by atoms with E-state index in [1.165, 1.54) is 11.8 Å². The van der Waals surface area contributed by atoms with Crippen LogP contribution in [0.3, 0.4) is 0 Å². The quantitative estimate of drug-likeness (QED) is 0.441. The van der Waals surface area contributed by atoms with E-state index in [0.29, 0.717) is 35.0 Å². The normalized spacial score (nSPS) is 14.0. The van der Waals surface area contributed by atoms with Gasteiger partial charge in [0.05, 0.1) is 11.9 Å². The van der Waals surface area contributed by atoms with Gasteiger partial charge >= 0.3 is 0 Å². The highest BCUT2D eigenvalue weighted by Gasteiger charge is 2.20. The number of amides is 1. The van der Waals surface area contributed by atoms with Crippen LogP contribution < -0.4 is 5.56 Å². The van der Waals surface area contributed by atoms with Gasteiger partial charge in [-0.2, -0.15) is 5.10 Å². The van der Waals surface area contributed by atoms with Gasteiger partial charge < -0.3 is 4.90 Å². The van der Waals surface area contributed by atoms with Crippen LogP contribution in [0.25, 0.3) is 11.0 Å². The molecule has 1 aliphatic heterocycles. The lowest BCUT2D eigenvalue weighted by Crippen LogP contribution is -2.30. The molecule has 0 aliphatic carbocycles. The second kappa shape index (κ2) is 8.82. The molecule has 3 heterocycles. The second-order valence-corrected chi connectivity index (χ2v) is 8.12. The number of carbonyl (C=O) groups excluding carboxylic acids is 1. The third kappa shape index (κ3) is 4.37. The number of hydrogen-bond acceptors (Lipinski definition) is 5. The van der Waals surface area contributed by atoms with Crippen molar-refractivity contribution in [3.63, 3.8) is 0 Å². The number of nitrogens with zero attached hydrogens (tertiary/aromatic N) is 5. The summed E-state index contributed by atoms with van der Waals surface area (Å²) >= 11 is 1.35. The molecule has 0 atom stereocenters. The number of carbonyl (C=O) groups is 1. The van der Waals surface area contributed by atoms with Gasteiger partial charge in [0, 0.05) is 26.2 Å². The highest BCUT2D eigenvalue weighted by atomic mass is 32.2. The molecule has 29 heavy (non-hydrogen) atoms. The molecule has 8 heteroatoms. The van der Waals surface area contributed by atoms with E-state index < -0.39 is 0 Å². The molecule has 152 valence electrons. The van der Waals surface area contributed by atoms with E-state index >= 15 is 0 Å². The molecule has 0 N–H and O–H groups in total.